The smallest absolute Gasteiger partial charge is 0.290 e. The normalized spacial score (nSPS) is 15.2. The van der Waals surface area contributed by atoms with Crippen molar-refractivity contribution in [2.24, 2.45) is 0 Å². The first-order valence-corrected chi connectivity index (χ1v) is 9.01. The van der Waals surface area contributed by atoms with E-state index in [4.69, 9.17) is 4.74 Å². The molecule has 0 bridgehead atoms. The topological polar surface area (TPSA) is 71.5 Å². The number of anilines is 1. The molecule has 6 nitrogen and oxygen atoms in total. The number of pyridine rings is 1. The van der Waals surface area contributed by atoms with Crippen LogP contribution in [0.2, 0.25) is 0 Å². The van der Waals surface area contributed by atoms with Gasteiger partial charge in [-0.25, -0.2) is 4.98 Å². The van der Waals surface area contributed by atoms with E-state index in [2.05, 4.69) is 10.3 Å². The van der Waals surface area contributed by atoms with E-state index >= 15 is 0 Å². The summed E-state index contributed by atoms with van der Waals surface area (Å²) in [6, 6.07) is 13.5. The van der Waals surface area contributed by atoms with Crippen LogP contribution in [0.5, 0.6) is 5.75 Å². The number of rotatable bonds is 7. The van der Waals surface area contributed by atoms with E-state index in [1.54, 1.807) is 12.3 Å². The molecule has 2 aromatic rings. The Labute approximate surface area is 156 Å². The summed E-state index contributed by atoms with van der Waals surface area (Å²) in [5.74, 6) is 1.38. The molecule has 0 radical (unpaired) electrons. The highest BCUT2D eigenvalue weighted by Gasteiger charge is 2.24. The molecule has 1 aliphatic rings. The number of carbonyl (C=O) groups excluding carboxylic acids is 2. The van der Waals surface area contributed by atoms with Gasteiger partial charge in [0.2, 0.25) is 0 Å². The molecule has 0 aliphatic carbocycles. The van der Waals surface area contributed by atoms with Crippen LogP contribution in [0.1, 0.15) is 5.56 Å². The summed E-state index contributed by atoms with van der Waals surface area (Å²) >= 11 is 0.935. The lowest BCUT2D eigenvalue weighted by molar-refractivity contribution is -0.115. The lowest BCUT2D eigenvalue weighted by Crippen LogP contribution is -2.24. The second kappa shape index (κ2) is 8.53. The zero-order valence-corrected chi connectivity index (χ0v) is 15.2. The highest BCUT2D eigenvalue weighted by Crippen LogP contribution is 2.23. The number of hydrogen-bond donors (Lipinski definition) is 1. The van der Waals surface area contributed by atoms with E-state index in [1.807, 2.05) is 54.4 Å². The van der Waals surface area contributed by atoms with Crippen LogP contribution in [0.15, 0.2) is 59.6 Å². The quantitative estimate of drug-likeness (QED) is 0.757. The third-order valence-electron chi connectivity index (χ3n) is 3.82. The van der Waals surface area contributed by atoms with Gasteiger partial charge >= 0.3 is 0 Å². The number of imide groups is 1. The first-order chi connectivity index (χ1) is 12.6. The SMILES string of the molecule is CN(CCOc1ccc(C/C=C2\SC(=O)NC2=O)cc1)c1ccccn1. The Morgan fingerprint density at radius 3 is 2.65 bits per heavy atom. The molecule has 0 saturated carbocycles. The molecule has 1 aromatic heterocycles. The van der Waals surface area contributed by atoms with Gasteiger partial charge in [0.15, 0.2) is 0 Å². The standard InChI is InChI=1S/C19H19N3O3S/c1-22(17-4-2-3-11-20-17)12-13-25-15-8-5-14(6-9-15)7-10-16-18(23)21-19(24)26-16/h2-6,8-11H,7,12-13H2,1H3,(H,21,23,24)/b16-10-. The Bertz CT molecular complexity index is 807. The van der Waals surface area contributed by atoms with E-state index in [1.165, 1.54) is 0 Å². The number of nitrogens with one attached hydrogen (secondary N) is 1. The molecule has 0 atom stereocenters. The fourth-order valence-corrected chi connectivity index (χ4v) is 3.04. The van der Waals surface area contributed by atoms with Gasteiger partial charge in [-0.2, -0.15) is 0 Å². The summed E-state index contributed by atoms with van der Waals surface area (Å²) in [5.41, 5.74) is 1.04. The van der Waals surface area contributed by atoms with E-state index in [9.17, 15) is 9.59 Å². The number of benzene rings is 1. The molecule has 0 spiro atoms. The maximum Gasteiger partial charge on any atom is 0.290 e. The summed E-state index contributed by atoms with van der Waals surface area (Å²) in [6.07, 6.45) is 4.12. The first kappa shape index (κ1) is 18.0. The molecule has 7 heteroatoms. The number of nitrogens with zero attached hydrogens (tertiary/aromatic N) is 2. The monoisotopic (exact) mass is 369 g/mol. The van der Waals surface area contributed by atoms with Crippen molar-refractivity contribution in [3.8, 4) is 5.75 Å². The van der Waals surface area contributed by atoms with Crippen LogP contribution in [0.4, 0.5) is 10.6 Å². The van der Waals surface area contributed by atoms with Gasteiger partial charge in [-0.3, -0.25) is 14.9 Å². The number of ether oxygens (including phenoxy) is 1. The number of likely N-dealkylation sites (N-methyl/N-ethyl adjacent to an activating group) is 1. The van der Waals surface area contributed by atoms with E-state index in [0.717, 1.165) is 35.4 Å². The van der Waals surface area contributed by atoms with Gasteiger partial charge in [0, 0.05) is 13.2 Å². The maximum atomic E-state index is 11.5. The van der Waals surface area contributed by atoms with Crippen LogP contribution in [-0.2, 0) is 11.2 Å². The second-order valence-electron chi connectivity index (χ2n) is 5.72. The molecule has 134 valence electrons. The third kappa shape index (κ3) is 4.86. The maximum absolute atomic E-state index is 11.5. The molecule has 2 heterocycles. The lowest BCUT2D eigenvalue weighted by Gasteiger charge is -2.18. The molecule has 1 saturated heterocycles. The molecular formula is C19H19N3O3S. The summed E-state index contributed by atoms with van der Waals surface area (Å²) < 4.78 is 5.76. The molecule has 1 aromatic carbocycles. The summed E-state index contributed by atoms with van der Waals surface area (Å²) in [6.45, 7) is 1.28. The number of hydrogen-bond acceptors (Lipinski definition) is 6. The molecule has 0 unspecified atom stereocenters. The Morgan fingerprint density at radius 2 is 2.00 bits per heavy atom. The average molecular weight is 369 g/mol. The summed E-state index contributed by atoms with van der Waals surface area (Å²) in [5, 5.41) is 1.93. The number of allylic oxidation sites excluding steroid dienone is 1. The minimum atomic E-state index is -0.322. The van der Waals surface area contributed by atoms with Crippen molar-refractivity contribution in [2.45, 2.75) is 6.42 Å². The number of carbonyl (C=O) groups is 2. The van der Waals surface area contributed by atoms with Crippen molar-refractivity contribution >= 4 is 28.7 Å². The first-order valence-electron chi connectivity index (χ1n) is 8.19. The lowest BCUT2D eigenvalue weighted by atomic mass is 10.1. The Morgan fingerprint density at radius 1 is 1.19 bits per heavy atom. The van der Waals surface area contributed by atoms with Gasteiger partial charge in [0.25, 0.3) is 11.1 Å². The summed E-state index contributed by atoms with van der Waals surface area (Å²) in [4.78, 5) is 29.4. The van der Waals surface area contributed by atoms with Crippen molar-refractivity contribution in [3.05, 3.63) is 65.2 Å². The molecule has 1 aliphatic heterocycles. The molecule has 1 N–H and O–H groups in total. The van der Waals surface area contributed by atoms with Crippen molar-refractivity contribution in [1.82, 2.24) is 10.3 Å². The van der Waals surface area contributed by atoms with E-state index < -0.39 is 0 Å². The molecule has 2 amide bonds. The van der Waals surface area contributed by atoms with E-state index in [-0.39, 0.29) is 11.1 Å². The van der Waals surface area contributed by atoms with Crippen molar-refractivity contribution < 1.29 is 14.3 Å². The van der Waals surface area contributed by atoms with Gasteiger partial charge in [0.05, 0.1) is 11.4 Å². The largest absolute Gasteiger partial charge is 0.492 e. The second-order valence-corrected chi connectivity index (χ2v) is 6.73. The van der Waals surface area contributed by atoms with Gasteiger partial charge in [-0.1, -0.05) is 24.3 Å². The van der Waals surface area contributed by atoms with Gasteiger partial charge in [0.1, 0.15) is 18.2 Å². The van der Waals surface area contributed by atoms with Crippen LogP contribution >= 0.6 is 11.8 Å². The molecule has 1 fully saturated rings. The Hall–Kier alpha value is -2.80. The average Bonchev–Trinajstić information content (AvgIpc) is 2.99. The van der Waals surface area contributed by atoms with Crippen LogP contribution < -0.4 is 15.0 Å². The molecular weight excluding hydrogens is 350 g/mol. The predicted octanol–water partition coefficient (Wildman–Crippen LogP) is 3.01. The van der Waals surface area contributed by atoms with Crippen LogP contribution in [0.3, 0.4) is 0 Å². The minimum Gasteiger partial charge on any atom is -0.492 e. The fraction of sp³-hybridized carbons (Fsp3) is 0.211. The Balaban J connectivity index is 1.46. The minimum absolute atomic E-state index is 0.319. The molecule has 26 heavy (non-hydrogen) atoms. The van der Waals surface area contributed by atoms with Crippen LogP contribution in [-0.4, -0.2) is 36.3 Å². The zero-order chi connectivity index (χ0) is 18.4. The highest BCUT2D eigenvalue weighted by molar-refractivity contribution is 8.18. The van der Waals surface area contributed by atoms with Crippen molar-refractivity contribution in [1.29, 1.82) is 0 Å². The number of thioether (sulfide) groups is 1. The van der Waals surface area contributed by atoms with Crippen LogP contribution in [0, 0.1) is 0 Å². The van der Waals surface area contributed by atoms with Gasteiger partial charge < -0.3 is 9.64 Å². The fourth-order valence-electron chi connectivity index (χ4n) is 2.39. The third-order valence-corrected chi connectivity index (χ3v) is 4.68. The number of amides is 2. The highest BCUT2D eigenvalue weighted by atomic mass is 32.2. The van der Waals surface area contributed by atoms with Gasteiger partial charge in [-0.15, -0.1) is 0 Å². The summed E-state index contributed by atoms with van der Waals surface area (Å²) in [7, 11) is 1.98. The molecule has 3 rings (SSSR count). The predicted molar refractivity (Wildman–Crippen MR) is 102 cm³/mol. The zero-order valence-electron chi connectivity index (χ0n) is 14.3. The number of aromatic nitrogens is 1. The Kier molecular flexibility index (Phi) is 5.91. The van der Waals surface area contributed by atoms with Crippen LogP contribution in [0.25, 0.3) is 0 Å². The van der Waals surface area contributed by atoms with E-state index in [0.29, 0.717) is 17.9 Å². The van der Waals surface area contributed by atoms with Gasteiger partial charge in [-0.05, 0) is 48.0 Å². The van der Waals surface area contributed by atoms with Crippen molar-refractivity contribution in [2.75, 3.05) is 25.1 Å². The van der Waals surface area contributed by atoms with Crippen molar-refractivity contribution in [3.63, 3.8) is 0 Å².